The number of carbonyl (C=O) groups is 2. The second kappa shape index (κ2) is 6.41. The number of carboxylic acids is 1. The van der Waals surface area contributed by atoms with E-state index < -0.39 is 17.9 Å². The summed E-state index contributed by atoms with van der Waals surface area (Å²) in [6.07, 6.45) is 2.90. The van der Waals surface area contributed by atoms with Gasteiger partial charge in [0, 0.05) is 18.0 Å². The zero-order valence-electron chi connectivity index (χ0n) is 11.5. The van der Waals surface area contributed by atoms with Crippen LogP contribution in [0.5, 0.6) is 5.75 Å². The summed E-state index contributed by atoms with van der Waals surface area (Å²) in [6.45, 7) is 0. The predicted molar refractivity (Wildman–Crippen MR) is 75.0 cm³/mol. The minimum atomic E-state index is -0.985. The van der Waals surface area contributed by atoms with Crippen LogP contribution in [0.25, 0.3) is 0 Å². The molecule has 5 heteroatoms. The number of methoxy groups -OCH3 is 1. The molecule has 0 radical (unpaired) electrons. The molecule has 0 saturated heterocycles. The lowest BCUT2D eigenvalue weighted by molar-refractivity contribution is -0.142. The lowest BCUT2D eigenvalue weighted by Gasteiger charge is -2.27. The standard InChI is InChI=1S/C15H19NO4/c1-20-11-8-6-10(7-9-11)16-14(15(18)19)12-4-2-3-5-13(12)17/h6-9,12,14,16H,2-5H2,1H3,(H,18,19)/t12-,14?/m1/s1. The largest absolute Gasteiger partial charge is 0.497 e. The van der Waals surface area contributed by atoms with E-state index in [0.29, 0.717) is 24.3 Å². The highest BCUT2D eigenvalue weighted by Gasteiger charge is 2.34. The van der Waals surface area contributed by atoms with Gasteiger partial charge in [0.15, 0.2) is 0 Å². The van der Waals surface area contributed by atoms with Crippen molar-refractivity contribution in [3.8, 4) is 5.75 Å². The molecular weight excluding hydrogens is 258 g/mol. The van der Waals surface area contributed by atoms with Crippen LogP contribution in [-0.4, -0.2) is 30.0 Å². The minimum Gasteiger partial charge on any atom is -0.497 e. The molecule has 1 unspecified atom stereocenters. The van der Waals surface area contributed by atoms with E-state index in [0.717, 1.165) is 12.8 Å². The van der Waals surface area contributed by atoms with Crippen LogP contribution in [0.4, 0.5) is 5.69 Å². The zero-order chi connectivity index (χ0) is 14.5. The SMILES string of the molecule is COc1ccc(NC(C(=O)O)[C@@H]2CCCCC2=O)cc1. The Morgan fingerprint density at radius 1 is 1.35 bits per heavy atom. The van der Waals surface area contributed by atoms with Crippen molar-refractivity contribution in [2.45, 2.75) is 31.7 Å². The molecule has 0 aliphatic heterocycles. The number of carboxylic acid groups (broad SMARTS) is 1. The topological polar surface area (TPSA) is 75.6 Å². The molecule has 2 N–H and O–H groups in total. The van der Waals surface area contributed by atoms with Crippen molar-refractivity contribution in [3.05, 3.63) is 24.3 Å². The maximum atomic E-state index is 11.9. The summed E-state index contributed by atoms with van der Waals surface area (Å²) in [7, 11) is 1.57. The lowest BCUT2D eigenvalue weighted by atomic mass is 9.82. The number of hydrogen-bond acceptors (Lipinski definition) is 4. The summed E-state index contributed by atoms with van der Waals surface area (Å²) >= 11 is 0. The summed E-state index contributed by atoms with van der Waals surface area (Å²) in [4.78, 5) is 23.3. The third kappa shape index (κ3) is 3.29. The fraction of sp³-hybridized carbons (Fsp3) is 0.467. The van der Waals surface area contributed by atoms with Gasteiger partial charge in [-0.3, -0.25) is 4.79 Å². The van der Waals surface area contributed by atoms with Gasteiger partial charge in [-0.1, -0.05) is 6.42 Å². The monoisotopic (exact) mass is 277 g/mol. The van der Waals surface area contributed by atoms with Crippen molar-refractivity contribution in [1.82, 2.24) is 0 Å². The van der Waals surface area contributed by atoms with E-state index in [-0.39, 0.29) is 5.78 Å². The lowest BCUT2D eigenvalue weighted by Crippen LogP contribution is -2.42. The molecule has 1 aromatic rings. The summed E-state index contributed by atoms with van der Waals surface area (Å²) < 4.78 is 5.06. The van der Waals surface area contributed by atoms with Crippen LogP contribution in [0.15, 0.2) is 24.3 Å². The number of Topliss-reactive ketones (excluding diaryl/α,β-unsaturated/α-hetero) is 1. The second-order valence-electron chi connectivity index (χ2n) is 5.01. The third-order valence-corrected chi connectivity index (χ3v) is 3.68. The van der Waals surface area contributed by atoms with Crippen LogP contribution in [0, 0.1) is 5.92 Å². The summed E-state index contributed by atoms with van der Waals surface area (Å²) in [5.74, 6) is -0.676. The first-order valence-electron chi connectivity index (χ1n) is 6.78. The molecule has 0 bridgehead atoms. The van der Waals surface area contributed by atoms with E-state index in [2.05, 4.69) is 5.32 Å². The molecule has 0 aromatic heterocycles. The fourth-order valence-electron chi connectivity index (χ4n) is 2.56. The molecule has 1 saturated carbocycles. The third-order valence-electron chi connectivity index (χ3n) is 3.68. The Bertz CT molecular complexity index is 483. The van der Waals surface area contributed by atoms with E-state index >= 15 is 0 Å². The molecule has 1 aromatic carbocycles. The Kier molecular flexibility index (Phi) is 4.61. The molecule has 2 rings (SSSR count). The first-order valence-corrected chi connectivity index (χ1v) is 6.78. The molecule has 1 fully saturated rings. The van der Waals surface area contributed by atoms with Gasteiger partial charge in [-0.05, 0) is 37.1 Å². The van der Waals surface area contributed by atoms with E-state index in [9.17, 15) is 14.7 Å². The van der Waals surface area contributed by atoms with Crippen LogP contribution < -0.4 is 10.1 Å². The molecule has 1 aliphatic rings. The maximum absolute atomic E-state index is 11.9. The number of nitrogens with one attached hydrogen (secondary N) is 1. The summed E-state index contributed by atoms with van der Waals surface area (Å²) in [5.41, 5.74) is 0.677. The molecular formula is C15H19NO4. The van der Waals surface area contributed by atoms with Crippen LogP contribution in [-0.2, 0) is 9.59 Å². The number of anilines is 1. The van der Waals surface area contributed by atoms with Crippen molar-refractivity contribution in [3.63, 3.8) is 0 Å². The average molecular weight is 277 g/mol. The Morgan fingerprint density at radius 3 is 2.60 bits per heavy atom. The van der Waals surface area contributed by atoms with Crippen molar-refractivity contribution in [2.75, 3.05) is 12.4 Å². The van der Waals surface area contributed by atoms with E-state index in [1.54, 1.807) is 31.4 Å². The van der Waals surface area contributed by atoms with Gasteiger partial charge in [0.25, 0.3) is 0 Å². The number of ether oxygens (including phenoxy) is 1. The first kappa shape index (κ1) is 14.4. The highest BCUT2D eigenvalue weighted by Crippen LogP contribution is 2.26. The number of hydrogen-bond donors (Lipinski definition) is 2. The van der Waals surface area contributed by atoms with E-state index in [1.165, 1.54) is 0 Å². The predicted octanol–water partition coefficient (Wildman–Crippen LogP) is 2.32. The molecule has 0 spiro atoms. The van der Waals surface area contributed by atoms with Crippen LogP contribution >= 0.6 is 0 Å². The van der Waals surface area contributed by atoms with Crippen molar-refractivity contribution < 1.29 is 19.4 Å². The van der Waals surface area contributed by atoms with Crippen molar-refractivity contribution in [2.24, 2.45) is 5.92 Å². The Hall–Kier alpha value is -2.04. The molecule has 0 amide bonds. The smallest absolute Gasteiger partial charge is 0.326 e. The quantitative estimate of drug-likeness (QED) is 0.863. The highest BCUT2D eigenvalue weighted by molar-refractivity contribution is 5.90. The van der Waals surface area contributed by atoms with Gasteiger partial charge in [0.1, 0.15) is 17.6 Å². The second-order valence-corrected chi connectivity index (χ2v) is 5.01. The Balaban J connectivity index is 2.12. The number of aliphatic carboxylic acids is 1. The van der Waals surface area contributed by atoms with Gasteiger partial charge in [0.2, 0.25) is 0 Å². The summed E-state index contributed by atoms with van der Waals surface area (Å²) in [6, 6.07) is 6.15. The van der Waals surface area contributed by atoms with Crippen molar-refractivity contribution >= 4 is 17.4 Å². The molecule has 5 nitrogen and oxygen atoms in total. The Morgan fingerprint density at radius 2 is 2.05 bits per heavy atom. The zero-order valence-corrected chi connectivity index (χ0v) is 11.5. The van der Waals surface area contributed by atoms with Crippen LogP contribution in [0.2, 0.25) is 0 Å². The van der Waals surface area contributed by atoms with Gasteiger partial charge < -0.3 is 15.2 Å². The van der Waals surface area contributed by atoms with Gasteiger partial charge >= 0.3 is 5.97 Å². The van der Waals surface area contributed by atoms with E-state index in [4.69, 9.17) is 4.74 Å². The van der Waals surface area contributed by atoms with Crippen LogP contribution in [0.1, 0.15) is 25.7 Å². The van der Waals surface area contributed by atoms with Gasteiger partial charge in [-0.25, -0.2) is 4.79 Å². The number of rotatable bonds is 5. The van der Waals surface area contributed by atoms with Gasteiger partial charge in [0.05, 0.1) is 7.11 Å². The molecule has 20 heavy (non-hydrogen) atoms. The normalized spacial score (nSPS) is 20.2. The highest BCUT2D eigenvalue weighted by atomic mass is 16.5. The summed E-state index contributed by atoms with van der Waals surface area (Å²) in [5, 5.41) is 12.3. The average Bonchev–Trinajstić information content (AvgIpc) is 2.46. The molecule has 2 atom stereocenters. The molecule has 0 heterocycles. The molecule has 108 valence electrons. The number of carbonyl (C=O) groups excluding carboxylic acids is 1. The van der Waals surface area contributed by atoms with Gasteiger partial charge in [-0.15, -0.1) is 0 Å². The molecule has 1 aliphatic carbocycles. The first-order chi connectivity index (χ1) is 9.61. The fourth-order valence-corrected chi connectivity index (χ4v) is 2.56. The number of ketones is 1. The Labute approximate surface area is 117 Å². The van der Waals surface area contributed by atoms with Gasteiger partial charge in [-0.2, -0.15) is 0 Å². The van der Waals surface area contributed by atoms with Crippen LogP contribution in [0.3, 0.4) is 0 Å². The minimum absolute atomic E-state index is 0.0460. The van der Waals surface area contributed by atoms with E-state index in [1.807, 2.05) is 0 Å². The maximum Gasteiger partial charge on any atom is 0.326 e. The van der Waals surface area contributed by atoms with Crippen molar-refractivity contribution in [1.29, 1.82) is 0 Å². The number of benzene rings is 1.